The van der Waals surface area contributed by atoms with Crippen LogP contribution in [0.3, 0.4) is 0 Å². The summed E-state index contributed by atoms with van der Waals surface area (Å²) >= 11 is 0. The zero-order valence-electron chi connectivity index (χ0n) is 13.9. The fraction of sp³-hybridized carbons (Fsp3) is 0.200. The van der Waals surface area contributed by atoms with E-state index in [-0.39, 0.29) is 12.4 Å². The number of aromatic nitrogens is 2. The van der Waals surface area contributed by atoms with Crippen LogP contribution in [0, 0.1) is 6.92 Å². The van der Waals surface area contributed by atoms with Gasteiger partial charge >= 0.3 is 5.97 Å². The lowest BCUT2D eigenvalue weighted by atomic mass is 10.1. The number of H-pyrrole nitrogens is 1. The molecule has 24 heavy (non-hydrogen) atoms. The van der Waals surface area contributed by atoms with Crippen LogP contribution >= 0.6 is 0 Å². The monoisotopic (exact) mass is 320 g/mol. The zero-order chi connectivity index (χ0) is 16.9. The van der Waals surface area contributed by atoms with Crippen LogP contribution in [0.2, 0.25) is 0 Å². The van der Waals surface area contributed by atoms with E-state index in [2.05, 4.69) is 4.98 Å². The SMILES string of the molecule is CCOC(=O)Cc1[nH]c(-c2ccccc2)nc1-c1ccc(C)cc1. The lowest BCUT2D eigenvalue weighted by Crippen LogP contribution is -2.08. The number of hydrogen-bond donors (Lipinski definition) is 1. The first-order valence-electron chi connectivity index (χ1n) is 8.04. The van der Waals surface area contributed by atoms with Crippen LogP contribution in [0.15, 0.2) is 54.6 Å². The van der Waals surface area contributed by atoms with Gasteiger partial charge in [-0.3, -0.25) is 4.79 Å². The van der Waals surface area contributed by atoms with Crippen LogP contribution < -0.4 is 0 Å². The number of carbonyl (C=O) groups is 1. The van der Waals surface area contributed by atoms with Crippen LogP contribution in [-0.4, -0.2) is 22.5 Å². The molecule has 0 bridgehead atoms. The van der Waals surface area contributed by atoms with E-state index in [0.29, 0.717) is 6.61 Å². The number of ether oxygens (including phenoxy) is 1. The third-order valence-electron chi connectivity index (χ3n) is 3.78. The Kier molecular flexibility index (Phi) is 4.75. The molecule has 122 valence electrons. The second-order valence-electron chi connectivity index (χ2n) is 5.63. The fourth-order valence-corrected chi connectivity index (χ4v) is 2.58. The summed E-state index contributed by atoms with van der Waals surface area (Å²) in [7, 11) is 0. The summed E-state index contributed by atoms with van der Waals surface area (Å²) in [5.74, 6) is 0.500. The molecule has 0 fully saturated rings. The largest absolute Gasteiger partial charge is 0.466 e. The average Bonchev–Trinajstić information content (AvgIpc) is 3.00. The summed E-state index contributed by atoms with van der Waals surface area (Å²) in [6.45, 7) is 4.22. The Morgan fingerprint density at radius 3 is 2.42 bits per heavy atom. The third-order valence-corrected chi connectivity index (χ3v) is 3.78. The highest BCUT2D eigenvalue weighted by Crippen LogP contribution is 2.27. The standard InChI is InChI=1S/C20H20N2O2/c1-3-24-18(23)13-17-19(15-11-9-14(2)10-12-15)22-20(21-17)16-7-5-4-6-8-16/h4-12H,3,13H2,1-2H3,(H,21,22). The second kappa shape index (κ2) is 7.13. The van der Waals surface area contributed by atoms with Crippen molar-refractivity contribution < 1.29 is 9.53 Å². The number of carbonyl (C=O) groups excluding carboxylic acids is 1. The van der Waals surface area contributed by atoms with Gasteiger partial charge in [0.2, 0.25) is 0 Å². The predicted octanol–water partition coefficient (Wildman–Crippen LogP) is 4.16. The molecule has 1 N–H and O–H groups in total. The summed E-state index contributed by atoms with van der Waals surface area (Å²) in [6, 6.07) is 18.0. The van der Waals surface area contributed by atoms with E-state index in [0.717, 1.165) is 28.3 Å². The topological polar surface area (TPSA) is 55.0 Å². The Balaban J connectivity index is 2.02. The van der Waals surface area contributed by atoms with Gasteiger partial charge in [-0.2, -0.15) is 0 Å². The number of aryl methyl sites for hydroxylation is 1. The van der Waals surface area contributed by atoms with Crippen molar-refractivity contribution in [3.63, 3.8) is 0 Å². The molecule has 1 heterocycles. The molecule has 0 aliphatic carbocycles. The third kappa shape index (κ3) is 3.54. The second-order valence-corrected chi connectivity index (χ2v) is 5.63. The van der Waals surface area contributed by atoms with Gasteiger partial charge in [-0.05, 0) is 13.8 Å². The molecule has 3 rings (SSSR count). The van der Waals surface area contributed by atoms with Crippen molar-refractivity contribution in [3.05, 3.63) is 65.9 Å². The fourth-order valence-electron chi connectivity index (χ4n) is 2.58. The van der Waals surface area contributed by atoms with Gasteiger partial charge in [0, 0.05) is 11.1 Å². The number of aromatic amines is 1. The first kappa shape index (κ1) is 16.0. The summed E-state index contributed by atoms with van der Waals surface area (Å²) in [6.07, 6.45) is 0.177. The minimum atomic E-state index is -0.255. The Labute approximate surface area is 141 Å². The molecule has 0 spiro atoms. The maximum atomic E-state index is 11.9. The van der Waals surface area contributed by atoms with Crippen molar-refractivity contribution >= 4 is 5.97 Å². The molecule has 0 unspecified atom stereocenters. The van der Waals surface area contributed by atoms with Crippen LogP contribution in [0.25, 0.3) is 22.6 Å². The number of nitrogens with one attached hydrogen (secondary N) is 1. The summed E-state index contributed by atoms with van der Waals surface area (Å²) in [5, 5.41) is 0. The minimum Gasteiger partial charge on any atom is -0.466 e. The Morgan fingerprint density at radius 1 is 1.04 bits per heavy atom. The average molecular weight is 320 g/mol. The van der Waals surface area contributed by atoms with E-state index in [4.69, 9.17) is 9.72 Å². The summed E-state index contributed by atoms with van der Waals surface area (Å²) in [4.78, 5) is 19.9. The highest BCUT2D eigenvalue weighted by Gasteiger charge is 2.16. The maximum Gasteiger partial charge on any atom is 0.311 e. The van der Waals surface area contributed by atoms with E-state index in [9.17, 15) is 4.79 Å². The lowest BCUT2D eigenvalue weighted by molar-refractivity contribution is -0.142. The Morgan fingerprint density at radius 2 is 1.75 bits per heavy atom. The maximum absolute atomic E-state index is 11.9. The predicted molar refractivity (Wildman–Crippen MR) is 94.5 cm³/mol. The van der Waals surface area contributed by atoms with Gasteiger partial charge in [0.15, 0.2) is 0 Å². The molecule has 4 heteroatoms. The molecular weight excluding hydrogens is 300 g/mol. The molecule has 0 saturated carbocycles. The van der Waals surface area contributed by atoms with Gasteiger partial charge in [-0.15, -0.1) is 0 Å². The van der Waals surface area contributed by atoms with Gasteiger partial charge in [0.05, 0.1) is 24.4 Å². The molecule has 0 saturated heterocycles. The number of hydrogen-bond acceptors (Lipinski definition) is 3. The highest BCUT2D eigenvalue weighted by molar-refractivity contribution is 5.77. The van der Waals surface area contributed by atoms with Gasteiger partial charge in [-0.25, -0.2) is 4.98 Å². The highest BCUT2D eigenvalue weighted by atomic mass is 16.5. The molecule has 3 aromatic rings. The van der Waals surface area contributed by atoms with Gasteiger partial charge < -0.3 is 9.72 Å². The van der Waals surface area contributed by atoms with E-state index < -0.39 is 0 Å². The molecule has 0 aliphatic heterocycles. The van der Waals surface area contributed by atoms with Gasteiger partial charge in [0.25, 0.3) is 0 Å². The van der Waals surface area contributed by atoms with Gasteiger partial charge in [0.1, 0.15) is 5.82 Å². The Hall–Kier alpha value is -2.88. The van der Waals surface area contributed by atoms with Crippen molar-refractivity contribution in [1.29, 1.82) is 0 Å². The zero-order valence-corrected chi connectivity index (χ0v) is 13.9. The lowest BCUT2D eigenvalue weighted by Gasteiger charge is -2.03. The molecule has 0 aliphatic rings. The van der Waals surface area contributed by atoms with Crippen molar-refractivity contribution in [1.82, 2.24) is 9.97 Å². The van der Waals surface area contributed by atoms with E-state index >= 15 is 0 Å². The number of benzene rings is 2. The number of esters is 1. The summed E-state index contributed by atoms with van der Waals surface area (Å²) < 4.78 is 5.08. The first-order chi connectivity index (χ1) is 11.7. The molecule has 0 atom stereocenters. The molecule has 1 aromatic heterocycles. The van der Waals surface area contributed by atoms with Crippen molar-refractivity contribution in [2.24, 2.45) is 0 Å². The van der Waals surface area contributed by atoms with Crippen LogP contribution in [0.4, 0.5) is 0 Å². The van der Waals surface area contributed by atoms with Crippen LogP contribution in [0.5, 0.6) is 0 Å². The van der Waals surface area contributed by atoms with Crippen LogP contribution in [0.1, 0.15) is 18.2 Å². The van der Waals surface area contributed by atoms with Crippen molar-refractivity contribution in [3.8, 4) is 22.6 Å². The van der Waals surface area contributed by atoms with Crippen molar-refractivity contribution in [2.45, 2.75) is 20.3 Å². The Bertz CT molecular complexity index is 821. The first-order valence-corrected chi connectivity index (χ1v) is 8.04. The number of imidazole rings is 1. The number of nitrogens with zero attached hydrogens (tertiary/aromatic N) is 1. The molecular formula is C20H20N2O2. The molecule has 0 amide bonds. The smallest absolute Gasteiger partial charge is 0.311 e. The van der Waals surface area contributed by atoms with Gasteiger partial charge in [-0.1, -0.05) is 60.2 Å². The molecule has 2 aromatic carbocycles. The quantitative estimate of drug-likeness (QED) is 0.718. The van der Waals surface area contributed by atoms with E-state index in [1.807, 2.05) is 61.5 Å². The summed E-state index contributed by atoms with van der Waals surface area (Å²) in [5.41, 5.74) is 4.72. The van der Waals surface area contributed by atoms with Crippen molar-refractivity contribution in [2.75, 3.05) is 6.61 Å². The normalized spacial score (nSPS) is 10.6. The van der Waals surface area contributed by atoms with E-state index in [1.165, 1.54) is 5.56 Å². The van der Waals surface area contributed by atoms with Crippen LogP contribution in [-0.2, 0) is 16.0 Å². The molecule has 0 radical (unpaired) electrons. The van der Waals surface area contributed by atoms with E-state index in [1.54, 1.807) is 6.92 Å². The number of rotatable bonds is 5. The minimum absolute atomic E-state index is 0.177. The molecule has 4 nitrogen and oxygen atoms in total.